The zero-order valence-electron chi connectivity index (χ0n) is 14.0. The normalized spacial score (nSPS) is 11.8. The molecule has 1 aromatic carbocycles. The van der Waals surface area contributed by atoms with Crippen LogP contribution >= 0.6 is 0 Å². The molecule has 1 rings (SSSR count). The summed E-state index contributed by atoms with van der Waals surface area (Å²) in [7, 11) is 1.41. The fourth-order valence-corrected chi connectivity index (χ4v) is 2.09. The number of hydrogen-bond donors (Lipinski definition) is 1. The van der Waals surface area contributed by atoms with Gasteiger partial charge in [0.25, 0.3) is 0 Å². The number of esters is 1. The van der Waals surface area contributed by atoms with Crippen molar-refractivity contribution < 1.29 is 19.0 Å². The summed E-state index contributed by atoms with van der Waals surface area (Å²) in [5, 5.41) is 3.27. The first-order valence-corrected chi connectivity index (χ1v) is 7.79. The molecule has 0 saturated carbocycles. The first-order chi connectivity index (χ1) is 10.6. The molecular formula is C17H27NO4. The molecule has 124 valence electrons. The van der Waals surface area contributed by atoms with Crippen molar-refractivity contribution in [2.75, 3.05) is 33.4 Å². The lowest BCUT2D eigenvalue weighted by molar-refractivity contribution is -0.144. The molecule has 0 amide bonds. The standard InChI is InChI=1S/C17H27NO4/c1-5-21-15-8-7-14(11-16(15)22-6-2)9-10-18-12-13(3)17(19)20-4/h7-8,11,13,18H,5-6,9-10,12H2,1-4H3. The second-order valence-corrected chi connectivity index (χ2v) is 5.03. The molecule has 0 aliphatic heterocycles. The van der Waals surface area contributed by atoms with Crippen LogP contribution in [0.15, 0.2) is 18.2 Å². The number of benzene rings is 1. The molecule has 0 spiro atoms. The van der Waals surface area contributed by atoms with Gasteiger partial charge in [0.1, 0.15) is 0 Å². The van der Waals surface area contributed by atoms with Gasteiger partial charge >= 0.3 is 5.97 Å². The van der Waals surface area contributed by atoms with Crippen LogP contribution in [0.25, 0.3) is 0 Å². The maximum atomic E-state index is 11.3. The van der Waals surface area contributed by atoms with E-state index in [1.165, 1.54) is 12.7 Å². The first kappa shape index (κ1) is 18.3. The van der Waals surface area contributed by atoms with Crippen molar-refractivity contribution in [3.8, 4) is 11.5 Å². The minimum atomic E-state index is -0.188. The van der Waals surface area contributed by atoms with E-state index in [2.05, 4.69) is 5.32 Å². The molecule has 0 radical (unpaired) electrons. The molecular weight excluding hydrogens is 282 g/mol. The third-order valence-electron chi connectivity index (χ3n) is 3.25. The summed E-state index contributed by atoms with van der Waals surface area (Å²) in [4.78, 5) is 11.3. The lowest BCUT2D eigenvalue weighted by atomic mass is 10.1. The Labute approximate surface area is 132 Å². The second kappa shape index (κ2) is 10.1. The van der Waals surface area contributed by atoms with Crippen LogP contribution in [0, 0.1) is 5.92 Å². The van der Waals surface area contributed by atoms with E-state index in [9.17, 15) is 4.79 Å². The summed E-state index contributed by atoms with van der Waals surface area (Å²) in [5.74, 6) is 1.24. The largest absolute Gasteiger partial charge is 0.490 e. The molecule has 5 heteroatoms. The molecule has 1 N–H and O–H groups in total. The zero-order chi connectivity index (χ0) is 16.4. The van der Waals surface area contributed by atoms with Gasteiger partial charge in [0.05, 0.1) is 26.2 Å². The Balaban J connectivity index is 2.48. The van der Waals surface area contributed by atoms with Crippen LogP contribution in [0.5, 0.6) is 11.5 Å². The third-order valence-corrected chi connectivity index (χ3v) is 3.25. The molecule has 1 aromatic rings. The number of hydrogen-bond acceptors (Lipinski definition) is 5. The summed E-state index contributed by atoms with van der Waals surface area (Å²) in [6, 6.07) is 6.00. The Morgan fingerprint density at radius 1 is 1.18 bits per heavy atom. The van der Waals surface area contributed by atoms with Crippen molar-refractivity contribution in [3.63, 3.8) is 0 Å². The maximum absolute atomic E-state index is 11.3. The highest BCUT2D eigenvalue weighted by atomic mass is 16.5. The van der Waals surface area contributed by atoms with Gasteiger partial charge in [-0.15, -0.1) is 0 Å². The average molecular weight is 309 g/mol. The number of nitrogens with one attached hydrogen (secondary N) is 1. The van der Waals surface area contributed by atoms with Gasteiger partial charge in [-0.3, -0.25) is 4.79 Å². The van der Waals surface area contributed by atoms with Crippen molar-refractivity contribution in [2.24, 2.45) is 5.92 Å². The Morgan fingerprint density at radius 2 is 1.86 bits per heavy atom. The van der Waals surface area contributed by atoms with Crippen molar-refractivity contribution in [2.45, 2.75) is 27.2 Å². The van der Waals surface area contributed by atoms with Crippen LogP contribution in [0.4, 0.5) is 0 Å². The van der Waals surface area contributed by atoms with E-state index in [0.717, 1.165) is 24.5 Å². The summed E-state index contributed by atoms with van der Waals surface area (Å²) >= 11 is 0. The van der Waals surface area contributed by atoms with Crippen molar-refractivity contribution in [3.05, 3.63) is 23.8 Å². The molecule has 5 nitrogen and oxygen atoms in total. The number of carbonyl (C=O) groups excluding carboxylic acids is 1. The van der Waals surface area contributed by atoms with Crippen molar-refractivity contribution in [1.29, 1.82) is 0 Å². The van der Waals surface area contributed by atoms with Crippen LogP contribution in [-0.4, -0.2) is 39.4 Å². The van der Waals surface area contributed by atoms with E-state index < -0.39 is 0 Å². The van der Waals surface area contributed by atoms with Gasteiger partial charge in [0, 0.05) is 6.54 Å². The predicted octanol–water partition coefficient (Wildman–Crippen LogP) is 2.43. The summed E-state index contributed by atoms with van der Waals surface area (Å²) < 4.78 is 15.9. The maximum Gasteiger partial charge on any atom is 0.309 e. The highest BCUT2D eigenvalue weighted by Crippen LogP contribution is 2.28. The summed E-state index contributed by atoms with van der Waals surface area (Å²) in [5.41, 5.74) is 1.17. The van der Waals surface area contributed by atoms with Crippen molar-refractivity contribution >= 4 is 5.97 Å². The SMILES string of the molecule is CCOc1ccc(CCNCC(C)C(=O)OC)cc1OCC. The lowest BCUT2D eigenvalue weighted by Crippen LogP contribution is -2.28. The smallest absolute Gasteiger partial charge is 0.309 e. The van der Waals surface area contributed by atoms with Gasteiger partial charge < -0.3 is 19.5 Å². The third kappa shape index (κ3) is 5.93. The van der Waals surface area contributed by atoms with Gasteiger partial charge in [0.15, 0.2) is 11.5 Å². The molecule has 1 unspecified atom stereocenters. The summed E-state index contributed by atoms with van der Waals surface area (Å²) in [6.45, 7) is 8.39. The topological polar surface area (TPSA) is 56.8 Å². The quantitative estimate of drug-likeness (QED) is 0.531. The van der Waals surface area contributed by atoms with Gasteiger partial charge in [0.2, 0.25) is 0 Å². The molecule has 1 atom stereocenters. The molecule has 0 bridgehead atoms. The molecule has 0 aromatic heterocycles. The van der Waals surface area contributed by atoms with Crippen LogP contribution in [0.1, 0.15) is 26.3 Å². The Kier molecular flexibility index (Phi) is 8.36. The van der Waals surface area contributed by atoms with E-state index in [-0.39, 0.29) is 11.9 Å². The Bertz CT molecular complexity index is 462. The van der Waals surface area contributed by atoms with Crippen molar-refractivity contribution in [1.82, 2.24) is 5.32 Å². The Morgan fingerprint density at radius 3 is 2.50 bits per heavy atom. The van der Waals surface area contributed by atoms with E-state index in [1.54, 1.807) is 0 Å². The van der Waals surface area contributed by atoms with Crippen LogP contribution in [0.2, 0.25) is 0 Å². The van der Waals surface area contributed by atoms with Gasteiger partial charge in [-0.2, -0.15) is 0 Å². The fourth-order valence-electron chi connectivity index (χ4n) is 2.09. The Hall–Kier alpha value is -1.75. The molecule has 0 heterocycles. The minimum absolute atomic E-state index is 0.135. The number of rotatable bonds is 10. The van der Waals surface area contributed by atoms with Crippen LogP contribution < -0.4 is 14.8 Å². The minimum Gasteiger partial charge on any atom is -0.490 e. The highest BCUT2D eigenvalue weighted by Gasteiger charge is 2.12. The van der Waals surface area contributed by atoms with E-state index in [1.807, 2.05) is 39.0 Å². The number of methoxy groups -OCH3 is 1. The predicted molar refractivity (Wildman–Crippen MR) is 86.5 cm³/mol. The van der Waals surface area contributed by atoms with Crippen LogP contribution in [-0.2, 0) is 16.0 Å². The molecule has 22 heavy (non-hydrogen) atoms. The first-order valence-electron chi connectivity index (χ1n) is 7.79. The zero-order valence-corrected chi connectivity index (χ0v) is 14.0. The van der Waals surface area contributed by atoms with E-state index >= 15 is 0 Å². The van der Waals surface area contributed by atoms with E-state index in [0.29, 0.717) is 19.8 Å². The highest BCUT2D eigenvalue weighted by molar-refractivity contribution is 5.72. The van der Waals surface area contributed by atoms with Crippen LogP contribution in [0.3, 0.4) is 0 Å². The average Bonchev–Trinajstić information content (AvgIpc) is 2.53. The number of carbonyl (C=O) groups is 1. The van der Waals surface area contributed by atoms with Gasteiger partial charge in [-0.1, -0.05) is 13.0 Å². The monoisotopic (exact) mass is 309 g/mol. The molecule has 0 aliphatic rings. The fraction of sp³-hybridized carbons (Fsp3) is 0.588. The molecule has 0 fully saturated rings. The molecule has 0 saturated heterocycles. The van der Waals surface area contributed by atoms with Gasteiger partial charge in [-0.25, -0.2) is 0 Å². The lowest BCUT2D eigenvalue weighted by Gasteiger charge is -2.13. The summed E-state index contributed by atoms with van der Waals surface area (Å²) in [6.07, 6.45) is 0.861. The number of ether oxygens (including phenoxy) is 3. The molecule has 0 aliphatic carbocycles. The van der Waals surface area contributed by atoms with Gasteiger partial charge in [-0.05, 0) is 44.5 Å². The van der Waals surface area contributed by atoms with E-state index in [4.69, 9.17) is 14.2 Å². The second-order valence-electron chi connectivity index (χ2n) is 5.03.